The first-order chi connectivity index (χ1) is 13.3. The molecule has 7 nitrogen and oxygen atoms in total. The van der Waals surface area contributed by atoms with Gasteiger partial charge in [-0.25, -0.2) is 4.98 Å². The Bertz CT molecular complexity index is 1010. The zero-order valence-electron chi connectivity index (χ0n) is 15.9. The number of nitrogens with one attached hydrogen (secondary N) is 2. The van der Waals surface area contributed by atoms with Crippen LogP contribution in [0.25, 0.3) is 11.0 Å². The molecule has 4 heterocycles. The molecule has 0 spiro atoms. The number of imidazole rings is 1. The summed E-state index contributed by atoms with van der Waals surface area (Å²) in [5, 5.41) is 10.8. The second-order valence-corrected chi connectivity index (χ2v) is 7.32. The summed E-state index contributed by atoms with van der Waals surface area (Å²) in [5.74, 6) is 1.01. The van der Waals surface area contributed by atoms with Gasteiger partial charge in [-0.1, -0.05) is 12.1 Å². The van der Waals surface area contributed by atoms with Crippen LogP contribution in [-0.2, 0) is 19.5 Å². The summed E-state index contributed by atoms with van der Waals surface area (Å²) in [6, 6.07) is 8.21. The summed E-state index contributed by atoms with van der Waals surface area (Å²) in [7, 11) is 0. The van der Waals surface area contributed by atoms with Gasteiger partial charge in [-0.3, -0.25) is 9.89 Å². The van der Waals surface area contributed by atoms with Gasteiger partial charge in [0.15, 0.2) is 5.69 Å². The molecular formula is C20H25ClN6O. The molecule has 2 N–H and O–H groups in total. The fourth-order valence-corrected chi connectivity index (χ4v) is 4.50. The van der Waals surface area contributed by atoms with Crippen LogP contribution in [0, 0.1) is 0 Å². The number of para-hydroxylation sites is 2. The lowest BCUT2D eigenvalue weighted by Crippen LogP contribution is -2.34. The van der Waals surface area contributed by atoms with Crippen LogP contribution in [0.15, 0.2) is 24.3 Å². The third kappa shape index (κ3) is 2.89. The van der Waals surface area contributed by atoms with Crippen LogP contribution in [0.3, 0.4) is 0 Å². The van der Waals surface area contributed by atoms with Crippen molar-refractivity contribution in [1.29, 1.82) is 0 Å². The lowest BCUT2D eigenvalue weighted by molar-refractivity contribution is 0.0720. The number of H-pyrrole nitrogens is 1. The maximum atomic E-state index is 13.4. The van der Waals surface area contributed by atoms with E-state index in [1.807, 2.05) is 23.1 Å². The molecule has 1 fully saturated rings. The van der Waals surface area contributed by atoms with E-state index < -0.39 is 0 Å². The van der Waals surface area contributed by atoms with E-state index >= 15 is 0 Å². The van der Waals surface area contributed by atoms with Crippen molar-refractivity contribution in [2.75, 3.05) is 13.1 Å². The molecule has 1 aromatic carbocycles. The Labute approximate surface area is 169 Å². The molecule has 1 amide bonds. The number of hydrogen-bond acceptors (Lipinski definition) is 4. The molecule has 0 radical (unpaired) electrons. The van der Waals surface area contributed by atoms with Crippen molar-refractivity contribution >= 4 is 29.3 Å². The molecule has 2 aliphatic heterocycles. The first-order valence-electron chi connectivity index (χ1n) is 9.81. The van der Waals surface area contributed by atoms with Crippen LogP contribution in [-0.4, -0.2) is 43.6 Å². The van der Waals surface area contributed by atoms with Gasteiger partial charge in [-0.2, -0.15) is 5.10 Å². The van der Waals surface area contributed by atoms with Crippen molar-refractivity contribution in [1.82, 2.24) is 30.0 Å². The third-order valence-corrected chi connectivity index (χ3v) is 5.82. The van der Waals surface area contributed by atoms with Crippen LogP contribution in [0.4, 0.5) is 0 Å². The summed E-state index contributed by atoms with van der Waals surface area (Å²) in [5.41, 5.74) is 4.82. The Morgan fingerprint density at radius 1 is 1.32 bits per heavy atom. The summed E-state index contributed by atoms with van der Waals surface area (Å²) >= 11 is 0. The highest BCUT2D eigenvalue weighted by Gasteiger charge is 2.36. The number of benzene rings is 1. The first-order valence-corrected chi connectivity index (χ1v) is 9.81. The molecule has 2 aliphatic rings. The Morgan fingerprint density at radius 2 is 2.18 bits per heavy atom. The van der Waals surface area contributed by atoms with Crippen molar-refractivity contribution in [2.24, 2.45) is 0 Å². The summed E-state index contributed by atoms with van der Waals surface area (Å²) in [6.07, 6.45) is 2.83. The third-order valence-electron chi connectivity index (χ3n) is 5.82. The number of rotatable bonds is 3. The highest BCUT2D eigenvalue weighted by Crippen LogP contribution is 2.35. The normalized spacial score (nSPS) is 18.9. The van der Waals surface area contributed by atoms with Crippen LogP contribution in [0.2, 0.25) is 0 Å². The fraction of sp³-hybridized carbons (Fsp3) is 0.450. The van der Waals surface area contributed by atoms with E-state index in [2.05, 4.69) is 33.1 Å². The minimum absolute atomic E-state index is 0. The van der Waals surface area contributed by atoms with Gasteiger partial charge in [0.25, 0.3) is 5.91 Å². The molecule has 3 aromatic rings. The van der Waals surface area contributed by atoms with Crippen molar-refractivity contribution in [2.45, 2.75) is 45.3 Å². The lowest BCUT2D eigenvalue weighted by atomic mass is 10.1. The molecule has 2 aromatic heterocycles. The van der Waals surface area contributed by atoms with Crippen molar-refractivity contribution in [3.05, 3.63) is 47.0 Å². The number of carbonyl (C=O) groups is 1. The van der Waals surface area contributed by atoms with Crippen LogP contribution in [0.5, 0.6) is 0 Å². The number of halogens is 1. The number of aryl methyl sites for hydroxylation is 1. The average Bonchev–Trinajstić information content (AvgIpc) is 3.42. The maximum absolute atomic E-state index is 13.4. The van der Waals surface area contributed by atoms with Gasteiger partial charge in [0.1, 0.15) is 5.82 Å². The average molecular weight is 401 g/mol. The summed E-state index contributed by atoms with van der Waals surface area (Å²) in [6.45, 7) is 5.37. The smallest absolute Gasteiger partial charge is 0.275 e. The van der Waals surface area contributed by atoms with E-state index in [1.165, 1.54) is 0 Å². The predicted octanol–water partition coefficient (Wildman–Crippen LogP) is 2.82. The number of likely N-dealkylation sites (tertiary alicyclic amines) is 1. The molecule has 5 rings (SSSR count). The number of hydrogen-bond donors (Lipinski definition) is 2. The highest BCUT2D eigenvalue weighted by atomic mass is 35.5. The van der Waals surface area contributed by atoms with Gasteiger partial charge in [-0.05, 0) is 31.9 Å². The van der Waals surface area contributed by atoms with E-state index in [0.717, 1.165) is 67.0 Å². The lowest BCUT2D eigenvalue weighted by Gasteiger charge is -2.25. The quantitative estimate of drug-likeness (QED) is 0.708. The van der Waals surface area contributed by atoms with E-state index in [0.29, 0.717) is 12.2 Å². The molecule has 0 bridgehead atoms. The summed E-state index contributed by atoms with van der Waals surface area (Å²) in [4.78, 5) is 20.2. The molecule has 28 heavy (non-hydrogen) atoms. The molecular weight excluding hydrogens is 376 g/mol. The molecule has 1 unspecified atom stereocenters. The molecule has 1 atom stereocenters. The minimum atomic E-state index is 0. The van der Waals surface area contributed by atoms with Crippen molar-refractivity contribution in [3.8, 4) is 0 Å². The minimum Gasteiger partial charge on any atom is -0.327 e. The number of aromatic amines is 1. The first kappa shape index (κ1) is 19.0. The second-order valence-electron chi connectivity index (χ2n) is 7.32. The van der Waals surface area contributed by atoms with E-state index in [-0.39, 0.29) is 24.4 Å². The Balaban J connectivity index is 0.00000192. The Morgan fingerprint density at radius 3 is 3.04 bits per heavy atom. The van der Waals surface area contributed by atoms with Gasteiger partial charge >= 0.3 is 0 Å². The molecule has 148 valence electrons. The molecule has 1 saturated heterocycles. The monoisotopic (exact) mass is 400 g/mol. The summed E-state index contributed by atoms with van der Waals surface area (Å²) < 4.78 is 2.24. The Hall–Kier alpha value is -2.38. The van der Waals surface area contributed by atoms with Gasteiger partial charge in [0, 0.05) is 43.9 Å². The standard InChI is InChI=1S/C20H24N6O.ClH/c1-2-25-16-7-4-3-6-15(16)22-19(25)17-8-5-11-26(17)20(27)18-13-12-21-10-9-14(13)23-24-18;/h3-4,6-7,17,21H,2,5,8-12H2,1H3,(H,23,24);1H. The van der Waals surface area contributed by atoms with Crippen LogP contribution >= 0.6 is 12.4 Å². The zero-order valence-corrected chi connectivity index (χ0v) is 16.8. The van der Waals surface area contributed by atoms with Crippen molar-refractivity contribution in [3.63, 3.8) is 0 Å². The predicted molar refractivity (Wildman–Crippen MR) is 110 cm³/mol. The highest BCUT2D eigenvalue weighted by molar-refractivity contribution is 5.94. The fourth-order valence-electron chi connectivity index (χ4n) is 4.50. The van der Waals surface area contributed by atoms with E-state index in [1.54, 1.807) is 0 Å². The number of carbonyl (C=O) groups excluding carboxylic acids is 1. The van der Waals surface area contributed by atoms with E-state index in [9.17, 15) is 4.79 Å². The number of aromatic nitrogens is 4. The van der Waals surface area contributed by atoms with Gasteiger partial charge in [0.05, 0.1) is 17.1 Å². The van der Waals surface area contributed by atoms with Gasteiger partial charge in [-0.15, -0.1) is 12.4 Å². The van der Waals surface area contributed by atoms with Crippen molar-refractivity contribution < 1.29 is 4.79 Å². The largest absolute Gasteiger partial charge is 0.327 e. The van der Waals surface area contributed by atoms with Crippen LogP contribution < -0.4 is 5.32 Å². The Kier molecular flexibility index (Phi) is 5.12. The van der Waals surface area contributed by atoms with Gasteiger partial charge in [0.2, 0.25) is 0 Å². The SMILES string of the molecule is CCn1c(C2CCCN2C(=O)c2n[nH]c3c2CNCC3)nc2ccccc21.Cl. The molecule has 0 aliphatic carbocycles. The number of amides is 1. The van der Waals surface area contributed by atoms with Crippen LogP contribution in [0.1, 0.15) is 53.4 Å². The number of fused-ring (bicyclic) bond motifs is 2. The zero-order chi connectivity index (χ0) is 18.4. The van der Waals surface area contributed by atoms with Gasteiger partial charge < -0.3 is 14.8 Å². The molecule has 8 heteroatoms. The molecule has 0 saturated carbocycles. The maximum Gasteiger partial charge on any atom is 0.275 e. The van der Waals surface area contributed by atoms with E-state index in [4.69, 9.17) is 4.98 Å². The number of nitrogens with zero attached hydrogens (tertiary/aromatic N) is 4. The topological polar surface area (TPSA) is 78.8 Å². The second kappa shape index (κ2) is 7.56.